The molecule has 0 aliphatic carbocycles. The molecule has 0 unspecified atom stereocenters. The van der Waals surface area contributed by atoms with Crippen molar-refractivity contribution in [3.63, 3.8) is 0 Å². The SMILES string of the molecule is C=C(O)c1cc(O)cc(O)c1. The first kappa shape index (κ1) is 7.47. The molecule has 0 bridgehead atoms. The minimum atomic E-state index is -0.184. The summed E-state index contributed by atoms with van der Waals surface area (Å²) in [6.45, 7) is 3.24. The third-order valence-corrected chi connectivity index (χ3v) is 1.24. The van der Waals surface area contributed by atoms with Gasteiger partial charge in [-0.2, -0.15) is 0 Å². The summed E-state index contributed by atoms with van der Waals surface area (Å²) in [7, 11) is 0. The van der Waals surface area contributed by atoms with Crippen molar-refractivity contribution in [2.45, 2.75) is 0 Å². The Bertz CT molecular complexity index is 271. The summed E-state index contributed by atoms with van der Waals surface area (Å²) in [6, 6.07) is 3.79. The molecular formula is C8H8O3. The molecule has 0 atom stereocenters. The van der Waals surface area contributed by atoms with Crippen LogP contribution in [0.2, 0.25) is 0 Å². The molecule has 58 valence electrons. The van der Waals surface area contributed by atoms with Crippen molar-refractivity contribution >= 4 is 5.76 Å². The molecule has 3 heteroatoms. The van der Waals surface area contributed by atoms with Crippen molar-refractivity contribution in [2.24, 2.45) is 0 Å². The lowest BCUT2D eigenvalue weighted by Crippen LogP contribution is -1.79. The van der Waals surface area contributed by atoms with Gasteiger partial charge in [0.15, 0.2) is 0 Å². The average Bonchev–Trinajstić information content (AvgIpc) is 1.85. The van der Waals surface area contributed by atoms with E-state index in [1.165, 1.54) is 18.2 Å². The van der Waals surface area contributed by atoms with Gasteiger partial charge in [0.2, 0.25) is 0 Å². The number of benzene rings is 1. The Morgan fingerprint density at radius 1 is 1.09 bits per heavy atom. The second-order valence-corrected chi connectivity index (χ2v) is 2.18. The molecule has 0 saturated carbocycles. The minimum Gasteiger partial charge on any atom is -0.508 e. The fraction of sp³-hybridized carbons (Fsp3) is 0. The molecule has 0 spiro atoms. The van der Waals surface area contributed by atoms with Gasteiger partial charge in [-0.1, -0.05) is 6.58 Å². The number of aliphatic hydroxyl groups is 1. The number of hydrogen-bond acceptors (Lipinski definition) is 3. The number of phenols is 2. The molecule has 0 aromatic heterocycles. The van der Waals surface area contributed by atoms with Crippen LogP contribution in [0, 0.1) is 0 Å². The van der Waals surface area contributed by atoms with Gasteiger partial charge in [-0.3, -0.25) is 0 Å². The fourth-order valence-electron chi connectivity index (χ4n) is 0.762. The average molecular weight is 152 g/mol. The molecule has 0 aliphatic heterocycles. The topological polar surface area (TPSA) is 60.7 Å². The predicted octanol–water partition coefficient (Wildman–Crippen LogP) is 1.63. The second-order valence-electron chi connectivity index (χ2n) is 2.18. The van der Waals surface area contributed by atoms with E-state index in [4.69, 9.17) is 15.3 Å². The van der Waals surface area contributed by atoms with Crippen LogP contribution in [0.15, 0.2) is 24.8 Å². The van der Waals surface area contributed by atoms with E-state index in [9.17, 15) is 0 Å². The molecule has 0 saturated heterocycles. The third kappa shape index (κ3) is 1.64. The predicted molar refractivity (Wildman–Crippen MR) is 41.4 cm³/mol. The summed E-state index contributed by atoms with van der Waals surface area (Å²) in [5.74, 6) is -0.387. The summed E-state index contributed by atoms with van der Waals surface area (Å²) in [5.41, 5.74) is 0.308. The van der Waals surface area contributed by atoms with Crippen LogP contribution in [-0.4, -0.2) is 15.3 Å². The summed E-state index contributed by atoms with van der Waals surface area (Å²) >= 11 is 0. The van der Waals surface area contributed by atoms with Gasteiger partial charge in [-0.05, 0) is 12.1 Å². The van der Waals surface area contributed by atoms with E-state index in [0.717, 1.165) is 0 Å². The van der Waals surface area contributed by atoms with E-state index < -0.39 is 0 Å². The molecule has 0 aliphatic rings. The highest BCUT2D eigenvalue weighted by molar-refractivity contribution is 5.59. The Morgan fingerprint density at radius 2 is 1.55 bits per heavy atom. The van der Waals surface area contributed by atoms with Crippen LogP contribution in [0.25, 0.3) is 5.76 Å². The molecule has 0 amide bonds. The Labute approximate surface area is 63.9 Å². The van der Waals surface area contributed by atoms with Gasteiger partial charge in [0.05, 0.1) is 0 Å². The Kier molecular flexibility index (Phi) is 1.72. The van der Waals surface area contributed by atoms with Gasteiger partial charge in [0.1, 0.15) is 17.3 Å². The Balaban J connectivity index is 3.19. The fourth-order valence-corrected chi connectivity index (χ4v) is 0.762. The molecule has 0 radical (unpaired) electrons. The van der Waals surface area contributed by atoms with Crippen LogP contribution in [-0.2, 0) is 0 Å². The van der Waals surface area contributed by atoms with Crippen molar-refractivity contribution in [1.82, 2.24) is 0 Å². The Morgan fingerprint density at radius 3 is 1.91 bits per heavy atom. The number of aliphatic hydroxyl groups excluding tert-OH is 1. The highest BCUT2D eigenvalue weighted by atomic mass is 16.3. The van der Waals surface area contributed by atoms with Gasteiger partial charge in [0, 0.05) is 11.6 Å². The number of phenolic OH excluding ortho intramolecular Hbond substituents is 2. The Hall–Kier alpha value is -1.64. The number of hydrogen-bond donors (Lipinski definition) is 3. The van der Waals surface area contributed by atoms with Gasteiger partial charge in [0.25, 0.3) is 0 Å². The van der Waals surface area contributed by atoms with Crippen LogP contribution < -0.4 is 0 Å². The van der Waals surface area contributed by atoms with E-state index in [1.54, 1.807) is 0 Å². The van der Waals surface area contributed by atoms with Crippen LogP contribution in [0.3, 0.4) is 0 Å². The highest BCUT2D eigenvalue weighted by Gasteiger charge is 2.00. The van der Waals surface area contributed by atoms with Crippen molar-refractivity contribution < 1.29 is 15.3 Å². The van der Waals surface area contributed by atoms with Crippen molar-refractivity contribution in [2.75, 3.05) is 0 Å². The van der Waals surface area contributed by atoms with Crippen molar-refractivity contribution in [1.29, 1.82) is 0 Å². The molecule has 3 N–H and O–H groups in total. The van der Waals surface area contributed by atoms with Crippen LogP contribution in [0.5, 0.6) is 11.5 Å². The van der Waals surface area contributed by atoms with E-state index in [1.807, 2.05) is 0 Å². The minimum absolute atomic E-state index is 0.102. The van der Waals surface area contributed by atoms with Gasteiger partial charge < -0.3 is 15.3 Å². The van der Waals surface area contributed by atoms with Crippen molar-refractivity contribution in [3.8, 4) is 11.5 Å². The molecule has 3 nitrogen and oxygen atoms in total. The van der Waals surface area contributed by atoms with Crippen molar-refractivity contribution in [3.05, 3.63) is 30.3 Å². The molecule has 0 heterocycles. The lowest BCUT2D eigenvalue weighted by Gasteiger charge is -2.00. The molecular weight excluding hydrogens is 144 g/mol. The third-order valence-electron chi connectivity index (χ3n) is 1.24. The first-order chi connectivity index (χ1) is 5.09. The van der Waals surface area contributed by atoms with Crippen LogP contribution in [0.1, 0.15) is 5.56 Å². The molecule has 1 aromatic carbocycles. The summed E-state index contributed by atoms with van der Waals surface area (Å²) < 4.78 is 0. The summed E-state index contributed by atoms with van der Waals surface area (Å²) in [4.78, 5) is 0. The first-order valence-corrected chi connectivity index (χ1v) is 3.01. The monoisotopic (exact) mass is 152 g/mol. The lowest BCUT2D eigenvalue weighted by molar-refractivity contribution is 0.448. The van der Waals surface area contributed by atoms with E-state index in [-0.39, 0.29) is 17.3 Å². The molecule has 1 rings (SSSR count). The zero-order valence-corrected chi connectivity index (χ0v) is 5.78. The van der Waals surface area contributed by atoms with Gasteiger partial charge in [-0.15, -0.1) is 0 Å². The number of aromatic hydroxyl groups is 2. The van der Waals surface area contributed by atoms with E-state index in [0.29, 0.717) is 5.56 Å². The summed E-state index contributed by atoms with van der Waals surface area (Å²) in [5, 5.41) is 26.7. The normalized spacial score (nSPS) is 9.45. The number of rotatable bonds is 1. The highest BCUT2D eigenvalue weighted by Crippen LogP contribution is 2.23. The molecule has 0 fully saturated rings. The van der Waals surface area contributed by atoms with Gasteiger partial charge >= 0.3 is 0 Å². The standard InChI is InChI=1S/C8H8O3/c1-5(9)6-2-7(10)4-8(11)3-6/h2-4,9-11H,1H2. The quantitative estimate of drug-likeness (QED) is 0.536. The second kappa shape index (κ2) is 2.54. The maximum Gasteiger partial charge on any atom is 0.119 e. The smallest absolute Gasteiger partial charge is 0.119 e. The maximum absolute atomic E-state index is 8.93. The first-order valence-electron chi connectivity index (χ1n) is 3.01. The zero-order chi connectivity index (χ0) is 8.43. The van der Waals surface area contributed by atoms with Crippen LogP contribution >= 0.6 is 0 Å². The maximum atomic E-state index is 8.93. The molecule has 1 aromatic rings. The zero-order valence-electron chi connectivity index (χ0n) is 5.78. The lowest BCUT2D eigenvalue weighted by atomic mass is 10.2. The van der Waals surface area contributed by atoms with E-state index >= 15 is 0 Å². The summed E-state index contributed by atoms with van der Waals surface area (Å²) in [6.07, 6.45) is 0. The van der Waals surface area contributed by atoms with Crippen LogP contribution in [0.4, 0.5) is 0 Å². The van der Waals surface area contributed by atoms with Gasteiger partial charge in [-0.25, -0.2) is 0 Å². The largest absolute Gasteiger partial charge is 0.508 e. The molecule has 11 heavy (non-hydrogen) atoms. The van der Waals surface area contributed by atoms with E-state index in [2.05, 4.69) is 6.58 Å².